The fourth-order valence-electron chi connectivity index (χ4n) is 3.12. The lowest BCUT2D eigenvalue weighted by Gasteiger charge is -2.17. The van der Waals surface area contributed by atoms with Crippen molar-refractivity contribution in [3.63, 3.8) is 0 Å². The van der Waals surface area contributed by atoms with Crippen molar-refractivity contribution in [1.29, 1.82) is 0 Å². The van der Waals surface area contributed by atoms with Crippen LogP contribution in [0.15, 0.2) is 83.8 Å². The van der Waals surface area contributed by atoms with Gasteiger partial charge in [-0.3, -0.25) is 9.59 Å². The number of hydrogen-bond acceptors (Lipinski definition) is 4. The molecule has 32 heavy (non-hydrogen) atoms. The second-order valence-corrected chi connectivity index (χ2v) is 9.42. The zero-order valence-corrected chi connectivity index (χ0v) is 18.7. The molecule has 0 saturated heterocycles. The predicted octanol–water partition coefficient (Wildman–Crippen LogP) is 3.65. The number of carbonyl (C=O) groups excluding carboxylic acids is 2. The van der Waals surface area contributed by atoms with E-state index in [4.69, 9.17) is 0 Å². The number of sulfonamides is 1. The lowest BCUT2D eigenvalue weighted by atomic mass is 10.1. The van der Waals surface area contributed by atoms with Gasteiger partial charge in [-0.25, -0.2) is 8.42 Å². The number of nitrogens with one attached hydrogen (secondary N) is 2. The van der Waals surface area contributed by atoms with Gasteiger partial charge in [-0.15, -0.1) is 0 Å². The second kappa shape index (κ2) is 10.2. The SMILES string of the molecule is CC(=O)Nc1ccc(CC(=O)Nc2ccc(S(=O)(=O)N(C)Cc3ccccc3)cc2)cc1. The van der Waals surface area contributed by atoms with E-state index in [0.717, 1.165) is 11.1 Å². The average molecular weight is 452 g/mol. The minimum atomic E-state index is -3.65. The zero-order valence-electron chi connectivity index (χ0n) is 17.9. The third kappa shape index (κ3) is 6.26. The van der Waals surface area contributed by atoms with Crippen LogP contribution in [0.5, 0.6) is 0 Å². The van der Waals surface area contributed by atoms with Crippen molar-refractivity contribution < 1.29 is 18.0 Å². The quantitative estimate of drug-likeness (QED) is 0.547. The maximum absolute atomic E-state index is 12.8. The van der Waals surface area contributed by atoms with Crippen LogP contribution >= 0.6 is 0 Å². The highest BCUT2D eigenvalue weighted by Crippen LogP contribution is 2.19. The Bertz CT molecular complexity index is 1180. The molecule has 0 aromatic heterocycles. The van der Waals surface area contributed by atoms with E-state index in [0.29, 0.717) is 11.4 Å². The van der Waals surface area contributed by atoms with Crippen LogP contribution in [0, 0.1) is 0 Å². The van der Waals surface area contributed by atoms with Crippen LogP contribution in [0.4, 0.5) is 11.4 Å². The summed E-state index contributed by atoms with van der Waals surface area (Å²) in [7, 11) is -2.12. The second-order valence-electron chi connectivity index (χ2n) is 7.37. The molecule has 0 saturated carbocycles. The number of amides is 2. The molecule has 0 aliphatic carbocycles. The molecule has 166 valence electrons. The number of benzene rings is 3. The van der Waals surface area contributed by atoms with Crippen LogP contribution < -0.4 is 10.6 Å². The van der Waals surface area contributed by atoms with Crippen molar-refractivity contribution in [2.24, 2.45) is 0 Å². The minimum Gasteiger partial charge on any atom is -0.326 e. The first kappa shape index (κ1) is 23.2. The Balaban J connectivity index is 1.60. The summed E-state index contributed by atoms with van der Waals surface area (Å²) in [5.74, 6) is -0.388. The summed E-state index contributed by atoms with van der Waals surface area (Å²) in [5.41, 5.74) is 2.86. The fraction of sp³-hybridized carbons (Fsp3) is 0.167. The largest absolute Gasteiger partial charge is 0.326 e. The van der Waals surface area contributed by atoms with Crippen molar-refractivity contribution >= 4 is 33.2 Å². The van der Waals surface area contributed by atoms with Crippen LogP contribution in [0.1, 0.15) is 18.1 Å². The minimum absolute atomic E-state index is 0.153. The van der Waals surface area contributed by atoms with E-state index in [-0.39, 0.29) is 29.7 Å². The van der Waals surface area contributed by atoms with E-state index in [1.165, 1.54) is 30.4 Å². The molecule has 0 heterocycles. The van der Waals surface area contributed by atoms with E-state index < -0.39 is 10.0 Å². The lowest BCUT2D eigenvalue weighted by Crippen LogP contribution is -2.26. The van der Waals surface area contributed by atoms with Gasteiger partial charge in [0, 0.05) is 31.9 Å². The monoisotopic (exact) mass is 451 g/mol. The van der Waals surface area contributed by atoms with Crippen LogP contribution in [-0.4, -0.2) is 31.6 Å². The number of carbonyl (C=O) groups is 2. The normalized spacial score (nSPS) is 11.2. The molecule has 0 radical (unpaired) electrons. The average Bonchev–Trinajstić information content (AvgIpc) is 2.76. The summed E-state index contributed by atoms with van der Waals surface area (Å²) < 4.78 is 26.9. The van der Waals surface area contributed by atoms with Gasteiger partial charge in [0.05, 0.1) is 11.3 Å². The van der Waals surface area contributed by atoms with Gasteiger partial charge < -0.3 is 10.6 Å². The molecular weight excluding hydrogens is 426 g/mol. The molecule has 0 unspecified atom stereocenters. The Morgan fingerprint density at radius 1 is 0.781 bits per heavy atom. The van der Waals surface area contributed by atoms with Gasteiger partial charge in [-0.1, -0.05) is 42.5 Å². The van der Waals surface area contributed by atoms with E-state index in [2.05, 4.69) is 10.6 Å². The standard InChI is InChI=1S/C24H25N3O4S/c1-18(28)25-21-10-8-19(9-11-21)16-24(29)26-22-12-14-23(15-13-22)32(30,31)27(2)17-20-6-4-3-5-7-20/h3-15H,16-17H2,1-2H3,(H,25,28)(H,26,29). The smallest absolute Gasteiger partial charge is 0.243 e. The Hall–Kier alpha value is -3.49. The summed E-state index contributed by atoms with van der Waals surface area (Å²) in [4.78, 5) is 23.6. The van der Waals surface area contributed by atoms with Crippen molar-refractivity contribution in [2.75, 3.05) is 17.7 Å². The molecular formula is C24H25N3O4S. The van der Waals surface area contributed by atoms with Gasteiger partial charge in [-0.2, -0.15) is 4.31 Å². The Morgan fingerprint density at radius 3 is 1.94 bits per heavy atom. The van der Waals surface area contributed by atoms with E-state index in [1.807, 2.05) is 30.3 Å². The van der Waals surface area contributed by atoms with Gasteiger partial charge in [0.15, 0.2) is 0 Å². The Kier molecular flexibility index (Phi) is 7.40. The highest BCUT2D eigenvalue weighted by atomic mass is 32.2. The molecule has 2 N–H and O–H groups in total. The van der Waals surface area contributed by atoms with Gasteiger partial charge in [-0.05, 0) is 47.5 Å². The van der Waals surface area contributed by atoms with E-state index >= 15 is 0 Å². The third-order valence-corrected chi connectivity index (χ3v) is 6.55. The molecule has 0 spiro atoms. The molecule has 7 nitrogen and oxygen atoms in total. The van der Waals surface area contributed by atoms with Crippen LogP contribution in [-0.2, 0) is 32.6 Å². The first-order valence-corrected chi connectivity index (χ1v) is 11.4. The molecule has 0 bridgehead atoms. The summed E-state index contributed by atoms with van der Waals surface area (Å²) in [6.45, 7) is 1.70. The number of anilines is 2. The maximum atomic E-state index is 12.8. The van der Waals surface area contributed by atoms with Gasteiger partial charge >= 0.3 is 0 Å². The summed E-state index contributed by atoms with van der Waals surface area (Å²) in [6, 6.07) is 22.5. The lowest BCUT2D eigenvalue weighted by molar-refractivity contribution is -0.116. The molecule has 3 aromatic rings. The maximum Gasteiger partial charge on any atom is 0.243 e. The fourth-order valence-corrected chi connectivity index (χ4v) is 4.27. The number of rotatable bonds is 8. The third-order valence-electron chi connectivity index (χ3n) is 4.73. The molecule has 2 amide bonds. The van der Waals surface area contributed by atoms with Crippen LogP contribution in [0.2, 0.25) is 0 Å². The molecule has 0 fully saturated rings. The number of hydrogen-bond donors (Lipinski definition) is 2. The Morgan fingerprint density at radius 2 is 1.34 bits per heavy atom. The first-order valence-electron chi connectivity index (χ1n) is 10.0. The van der Waals surface area contributed by atoms with Crippen molar-refractivity contribution in [2.45, 2.75) is 24.8 Å². The molecule has 0 atom stereocenters. The molecule has 0 aliphatic rings. The zero-order chi connectivity index (χ0) is 23.1. The van der Waals surface area contributed by atoms with Crippen molar-refractivity contribution in [3.05, 3.63) is 90.0 Å². The highest BCUT2D eigenvalue weighted by Gasteiger charge is 2.20. The summed E-state index contributed by atoms with van der Waals surface area (Å²) in [5, 5.41) is 5.44. The van der Waals surface area contributed by atoms with Gasteiger partial charge in [0.1, 0.15) is 0 Å². The van der Waals surface area contributed by atoms with Crippen LogP contribution in [0.3, 0.4) is 0 Å². The van der Waals surface area contributed by atoms with Crippen molar-refractivity contribution in [3.8, 4) is 0 Å². The van der Waals surface area contributed by atoms with Crippen molar-refractivity contribution in [1.82, 2.24) is 4.31 Å². The highest BCUT2D eigenvalue weighted by molar-refractivity contribution is 7.89. The van der Waals surface area contributed by atoms with Gasteiger partial charge in [0.2, 0.25) is 21.8 Å². The summed E-state index contributed by atoms with van der Waals surface area (Å²) >= 11 is 0. The molecule has 3 rings (SSSR count). The van der Waals surface area contributed by atoms with E-state index in [9.17, 15) is 18.0 Å². The topological polar surface area (TPSA) is 95.6 Å². The van der Waals surface area contributed by atoms with E-state index in [1.54, 1.807) is 36.4 Å². The molecule has 3 aromatic carbocycles. The molecule has 8 heteroatoms. The molecule has 0 aliphatic heterocycles. The first-order chi connectivity index (χ1) is 15.2. The Labute approximate surface area is 188 Å². The predicted molar refractivity (Wildman–Crippen MR) is 125 cm³/mol. The summed E-state index contributed by atoms with van der Waals surface area (Å²) in [6.07, 6.45) is 0.153. The van der Waals surface area contributed by atoms with Crippen LogP contribution in [0.25, 0.3) is 0 Å². The van der Waals surface area contributed by atoms with Gasteiger partial charge in [0.25, 0.3) is 0 Å². The number of nitrogens with zero attached hydrogens (tertiary/aromatic N) is 1.